The van der Waals surface area contributed by atoms with Crippen LogP contribution in [0.1, 0.15) is 51.1 Å². The Morgan fingerprint density at radius 1 is 1.18 bits per heavy atom. The summed E-state index contributed by atoms with van der Waals surface area (Å²) >= 11 is 1.45. The Morgan fingerprint density at radius 2 is 1.93 bits per heavy atom. The highest BCUT2D eigenvalue weighted by molar-refractivity contribution is 7.20. The molecule has 1 saturated carbocycles. The van der Waals surface area contributed by atoms with Crippen LogP contribution in [0.4, 0.5) is 0 Å². The number of methoxy groups -OCH3 is 2. The minimum Gasteiger partial charge on any atom is -0.493 e. The number of thiophene rings is 1. The van der Waals surface area contributed by atoms with E-state index in [1.165, 1.54) is 11.3 Å². The number of nitrogens with zero attached hydrogens (tertiary/aromatic N) is 2. The van der Waals surface area contributed by atoms with Crippen molar-refractivity contribution in [1.82, 2.24) is 15.3 Å². The first kappa shape index (κ1) is 18.7. The second-order valence-corrected chi connectivity index (χ2v) is 8.05. The lowest BCUT2D eigenvalue weighted by atomic mass is 10.1. The van der Waals surface area contributed by atoms with Gasteiger partial charge in [-0.15, -0.1) is 11.3 Å². The molecule has 6 nitrogen and oxygen atoms in total. The molecule has 0 spiro atoms. The molecule has 1 N–H and O–H groups in total. The van der Waals surface area contributed by atoms with Crippen molar-refractivity contribution in [3.05, 3.63) is 45.7 Å². The van der Waals surface area contributed by atoms with E-state index in [1.54, 1.807) is 14.2 Å². The highest BCUT2D eigenvalue weighted by Gasteiger charge is 2.28. The van der Waals surface area contributed by atoms with Crippen LogP contribution in [0.5, 0.6) is 11.5 Å². The molecule has 0 atom stereocenters. The zero-order valence-corrected chi connectivity index (χ0v) is 17.3. The zero-order valence-electron chi connectivity index (χ0n) is 16.5. The van der Waals surface area contributed by atoms with Crippen molar-refractivity contribution < 1.29 is 14.3 Å². The molecule has 2 aromatic heterocycles. The number of carbonyl (C=O) groups is 1. The number of nitrogens with one attached hydrogen (secondary N) is 1. The van der Waals surface area contributed by atoms with Gasteiger partial charge in [-0.2, -0.15) is 0 Å². The lowest BCUT2D eigenvalue weighted by Crippen LogP contribution is -2.22. The lowest BCUT2D eigenvalue weighted by molar-refractivity contribution is 0.0954. The van der Waals surface area contributed by atoms with Crippen LogP contribution < -0.4 is 14.8 Å². The molecular weight excluding hydrogens is 374 g/mol. The molecule has 0 unspecified atom stereocenters. The number of carbonyl (C=O) groups excluding carboxylic acids is 1. The van der Waals surface area contributed by atoms with Crippen molar-refractivity contribution in [2.24, 2.45) is 0 Å². The summed E-state index contributed by atoms with van der Waals surface area (Å²) in [5, 5.41) is 4.01. The number of hydrogen-bond acceptors (Lipinski definition) is 6. The zero-order chi connectivity index (χ0) is 19.8. The average Bonchev–Trinajstić information content (AvgIpc) is 3.49. The average molecular weight is 398 g/mol. The summed E-state index contributed by atoms with van der Waals surface area (Å²) in [5.74, 6) is 2.63. The largest absolute Gasteiger partial charge is 0.493 e. The molecular formula is C21H23N3O3S. The van der Waals surface area contributed by atoms with E-state index in [1.807, 2.05) is 32.0 Å². The van der Waals surface area contributed by atoms with Crippen LogP contribution in [0.3, 0.4) is 0 Å². The van der Waals surface area contributed by atoms with Crippen LogP contribution in [0.2, 0.25) is 0 Å². The number of ether oxygens (including phenoxy) is 2. The number of rotatable bonds is 6. The van der Waals surface area contributed by atoms with Crippen LogP contribution in [-0.4, -0.2) is 30.1 Å². The Labute approximate surface area is 167 Å². The molecule has 0 saturated heterocycles. The van der Waals surface area contributed by atoms with Gasteiger partial charge in [0.05, 0.1) is 24.8 Å². The van der Waals surface area contributed by atoms with E-state index in [4.69, 9.17) is 14.5 Å². The van der Waals surface area contributed by atoms with Gasteiger partial charge >= 0.3 is 0 Å². The fourth-order valence-electron chi connectivity index (χ4n) is 3.35. The molecule has 1 amide bonds. The summed E-state index contributed by atoms with van der Waals surface area (Å²) in [6.45, 7) is 4.38. The van der Waals surface area contributed by atoms with Crippen LogP contribution >= 0.6 is 11.3 Å². The number of amides is 1. The Balaban J connectivity index is 1.55. The summed E-state index contributed by atoms with van der Waals surface area (Å²) in [6.07, 6.45) is 2.32. The van der Waals surface area contributed by atoms with Crippen molar-refractivity contribution in [3.8, 4) is 11.5 Å². The molecule has 1 fully saturated rings. The van der Waals surface area contributed by atoms with E-state index in [9.17, 15) is 4.79 Å². The van der Waals surface area contributed by atoms with Crippen molar-refractivity contribution in [2.75, 3.05) is 14.2 Å². The van der Waals surface area contributed by atoms with Gasteiger partial charge in [0.2, 0.25) is 0 Å². The third-order valence-electron chi connectivity index (χ3n) is 5.04. The van der Waals surface area contributed by atoms with E-state index in [0.717, 1.165) is 45.7 Å². The van der Waals surface area contributed by atoms with Crippen LogP contribution in [0.25, 0.3) is 10.2 Å². The predicted molar refractivity (Wildman–Crippen MR) is 110 cm³/mol. The number of aryl methyl sites for hydroxylation is 2. The molecule has 0 radical (unpaired) electrons. The summed E-state index contributed by atoms with van der Waals surface area (Å²) in [5.41, 5.74) is 2.85. The summed E-state index contributed by atoms with van der Waals surface area (Å²) in [7, 11) is 3.20. The first-order valence-corrected chi connectivity index (χ1v) is 10.1. The molecule has 1 aliphatic rings. The van der Waals surface area contributed by atoms with Gasteiger partial charge in [-0.05, 0) is 49.9 Å². The highest BCUT2D eigenvalue weighted by atomic mass is 32.1. The first-order chi connectivity index (χ1) is 13.5. The maximum Gasteiger partial charge on any atom is 0.261 e. The van der Waals surface area contributed by atoms with E-state index in [-0.39, 0.29) is 5.91 Å². The third kappa shape index (κ3) is 3.42. The van der Waals surface area contributed by atoms with Gasteiger partial charge in [-0.3, -0.25) is 4.79 Å². The highest BCUT2D eigenvalue weighted by Crippen LogP contribution is 2.40. The first-order valence-electron chi connectivity index (χ1n) is 9.28. The number of aromatic nitrogens is 2. The van der Waals surface area contributed by atoms with E-state index >= 15 is 0 Å². The monoisotopic (exact) mass is 397 g/mol. The topological polar surface area (TPSA) is 73.3 Å². The summed E-state index contributed by atoms with van der Waals surface area (Å²) in [4.78, 5) is 23.8. The Bertz CT molecular complexity index is 1060. The van der Waals surface area contributed by atoms with Gasteiger partial charge in [0, 0.05) is 17.8 Å². The molecule has 1 aromatic carbocycles. The van der Waals surface area contributed by atoms with Gasteiger partial charge < -0.3 is 14.8 Å². The smallest absolute Gasteiger partial charge is 0.261 e. The fraction of sp³-hybridized carbons (Fsp3) is 0.381. The van der Waals surface area contributed by atoms with Gasteiger partial charge in [-0.25, -0.2) is 9.97 Å². The molecule has 146 valence electrons. The van der Waals surface area contributed by atoms with Crippen LogP contribution in [-0.2, 0) is 6.54 Å². The van der Waals surface area contributed by atoms with E-state index in [0.29, 0.717) is 28.8 Å². The van der Waals surface area contributed by atoms with E-state index in [2.05, 4.69) is 10.3 Å². The van der Waals surface area contributed by atoms with E-state index < -0.39 is 0 Å². The molecule has 2 heterocycles. The Kier molecular flexibility index (Phi) is 4.93. The number of benzene rings is 1. The van der Waals surface area contributed by atoms with Crippen molar-refractivity contribution in [2.45, 2.75) is 39.2 Å². The molecule has 28 heavy (non-hydrogen) atoms. The Morgan fingerprint density at radius 3 is 2.61 bits per heavy atom. The minimum absolute atomic E-state index is 0.0948. The molecule has 4 rings (SSSR count). The standard InChI is InChI=1S/C21H23N3O3S/c1-11-17-12(2)23-19(14-6-7-14)24-21(17)28-18(11)20(25)22-10-13-5-8-15(26-3)16(9-13)27-4/h5,8-9,14H,6-7,10H2,1-4H3,(H,22,25). The van der Waals surface area contributed by atoms with Gasteiger partial charge in [0.25, 0.3) is 5.91 Å². The van der Waals surface area contributed by atoms with Gasteiger partial charge in [0.15, 0.2) is 11.5 Å². The maximum atomic E-state index is 12.8. The van der Waals surface area contributed by atoms with Crippen molar-refractivity contribution in [3.63, 3.8) is 0 Å². The Hall–Kier alpha value is -2.67. The number of fused-ring (bicyclic) bond motifs is 1. The van der Waals surface area contributed by atoms with Crippen LogP contribution in [0.15, 0.2) is 18.2 Å². The molecule has 0 aliphatic heterocycles. The van der Waals surface area contributed by atoms with Crippen molar-refractivity contribution >= 4 is 27.5 Å². The minimum atomic E-state index is -0.0948. The van der Waals surface area contributed by atoms with Crippen LogP contribution in [0, 0.1) is 13.8 Å². The van der Waals surface area contributed by atoms with Gasteiger partial charge in [-0.1, -0.05) is 6.07 Å². The molecule has 1 aliphatic carbocycles. The molecule has 3 aromatic rings. The second kappa shape index (κ2) is 7.39. The molecule has 0 bridgehead atoms. The van der Waals surface area contributed by atoms with Crippen molar-refractivity contribution in [1.29, 1.82) is 0 Å². The summed E-state index contributed by atoms with van der Waals surface area (Å²) in [6, 6.07) is 5.62. The second-order valence-electron chi connectivity index (χ2n) is 7.05. The lowest BCUT2D eigenvalue weighted by Gasteiger charge is -2.10. The fourth-order valence-corrected chi connectivity index (χ4v) is 4.51. The molecule has 7 heteroatoms. The third-order valence-corrected chi connectivity index (χ3v) is 6.22. The SMILES string of the molecule is COc1ccc(CNC(=O)c2sc3nc(C4CC4)nc(C)c3c2C)cc1OC. The predicted octanol–water partition coefficient (Wildman–Crippen LogP) is 4.13. The normalized spacial score (nSPS) is 13.6. The number of hydrogen-bond donors (Lipinski definition) is 1. The maximum absolute atomic E-state index is 12.8. The summed E-state index contributed by atoms with van der Waals surface area (Å²) < 4.78 is 10.6. The quantitative estimate of drug-likeness (QED) is 0.677. The van der Waals surface area contributed by atoms with Gasteiger partial charge in [0.1, 0.15) is 10.7 Å².